The summed E-state index contributed by atoms with van der Waals surface area (Å²) in [5, 5.41) is 5.03. The highest BCUT2D eigenvalue weighted by molar-refractivity contribution is 7.21. The second-order valence-corrected chi connectivity index (χ2v) is 10.1. The lowest BCUT2D eigenvalue weighted by Crippen LogP contribution is -2.45. The zero-order valence-corrected chi connectivity index (χ0v) is 19.6. The van der Waals surface area contributed by atoms with Gasteiger partial charge in [-0.15, -0.1) is 22.7 Å². The van der Waals surface area contributed by atoms with Crippen molar-refractivity contribution in [2.45, 2.75) is 6.54 Å². The summed E-state index contributed by atoms with van der Waals surface area (Å²) in [4.78, 5) is 24.8. The van der Waals surface area contributed by atoms with Crippen molar-refractivity contribution in [3.63, 3.8) is 0 Å². The standard InChI is InChI=1S/C25H23N5OS2/c31-23(22-16-21-24(33-22)27-25-30(21)14-15-32-25)26-19-6-8-20(9-7-19)29-12-10-28(11-13-29)17-18-4-2-1-3-5-18/h1-9,14-16H,10-13,17H2,(H,26,31). The Hall–Kier alpha value is -3.20. The molecule has 166 valence electrons. The number of aromatic nitrogens is 2. The number of benzene rings is 2. The molecule has 4 heterocycles. The number of piperazine rings is 1. The first-order valence-corrected chi connectivity index (χ1v) is 12.7. The lowest BCUT2D eigenvalue weighted by atomic mass is 10.2. The number of rotatable bonds is 5. The maximum Gasteiger partial charge on any atom is 0.265 e. The summed E-state index contributed by atoms with van der Waals surface area (Å²) in [6, 6.07) is 20.7. The Morgan fingerprint density at radius 3 is 2.58 bits per heavy atom. The number of hydrogen-bond donors (Lipinski definition) is 1. The summed E-state index contributed by atoms with van der Waals surface area (Å²) in [5.74, 6) is -0.0933. The van der Waals surface area contributed by atoms with Crippen LogP contribution in [0.2, 0.25) is 0 Å². The van der Waals surface area contributed by atoms with E-state index in [1.807, 2.05) is 34.2 Å². The van der Waals surface area contributed by atoms with Gasteiger partial charge in [-0.2, -0.15) is 0 Å². The number of thiazole rings is 1. The molecule has 1 amide bonds. The number of nitrogens with zero attached hydrogens (tertiary/aromatic N) is 4. The normalized spacial score (nSPS) is 14.8. The molecule has 0 bridgehead atoms. The van der Waals surface area contributed by atoms with E-state index in [4.69, 9.17) is 0 Å². The molecule has 1 aliphatic heterocycles. The number of thiophene rings is 1. The Labute approximate surface area is 199 Å². The summed E-state index contributed by atoms with van der Waals surface area (Å²) >= 11 is 3.03. The number of amides is 1. The van der Waals surface area contributed by atoms with Gasteiger partial charge in [-0.3, -0.25) is 14.1 Å². The van der Waals surface area contributed by atoms with Gasteiger partial charge in [0.25, 0.3) is 5.91 Å². The third-order valence-corrected chi connectivity index (χ3v) is 7.85. The zero-order valence-electron chi connectivity index (χ0n) is 18.0. The molecule has 1 fully saturated rings. The quantitative estimate of drug-likeness (QED) is 0.382. The molecule has 0 aliphatic carbocycles. The van der Waals surface area contributed by atoms with Crippen LogP contribution < -0.4 is 10.2 Å². The fourth-order valence-corrected chi connectivity index (χ4v) is 6.01. The molecule has 1 N–H and O–H groups in total. The van der Waals surface area contributed by atoms with Crippen LogP contribution in [0.15, 0.2) is 72.2 Å². The minimum Gasteiger partial charge on any atom is -0.369 e. The second kappa shape index (κ2) is 8.62. The van der Waals surface area contributed by atoms with Gasteiger partial charge < -0.3 is 10.2 Å². The molecular formula is C25H23N5OS2. The highest BCUT2D eigenvalue weighted by Gasteiger charge is 2.18. The molecule has 33 heavy (non-hydrogen) atoms. The first-order valence-electron chi connectivity index (χ1n) is 11.0. The van der Waals surface area contributed by atoms with Crippen molar-refractivity contribution in [2.75, 3.05) is 36.4 Å². The van der Waals surface area contributed by atoms with Crippen LogP contribution in [-0.2, 0) is 6.54 Å². The molecule has 6 rings (SSSR count). The maximum atomic E-state index is 12.8. The summed E-state index contributed by atoms with van der Waals surface area (Å²) in [6.45, 7) is 5.11. The van der Waals surface area contributed by atoms with Gasteiger partial charge in [0.1, 0.15) is 4.83 Å². The monoisotopic (exact) mass is 473 g/mol. The van der Waals surface area contributed by atoms with Gasteiger partial charge in [0.2, 0.25) is 0 Å². The van der Waals surface area contributed by atoms with Crippen LogP contribution in [0, 0.1) is 0 Å². The third-order valence-electron chi connectivity index (χ3n) is 6.08. The first kappa shape index (κ1) is 20.4. The van der Waals surface area contributed by atoms with Crippen molar-refractivity contribution in [3.05, 3.63) is 82.7 Å². The number of fused-ring (bicyclic) bond motifs is 3. The van der Waals surface area contributed by atoms with Gasteiger partial charge in [0.15, 0.2) is 4.96 Å². The maximum absolute atomic E-state index is 12.8. The molecule has 5 aromatic rings. The fraction of sp³-hybridized carbons (Fsp3) is 0.200. The largest absolute Gasteiger partial charge is 0.369 e. The van der Waals surface area contributed by atoms with Crippen LogP contribution in [0.5, 0.6) is 0 Å². The van der Waals surface area contributed by atoms with Crippen molar-refractivity contribution in [1.82, 2.24) is 14.3 Å². The van der Waals surface area contributed by atoms with E-state index >= 15 is 0 Å². The SMILES string of the molecule is O=C(Nc1ccc(N2CCN(Cc3ccccc3)CC2)cc1)c1cc2c(nc3sccn32)s1. The topological polar surface area (TPSA) is 52.9 Å². The highest BCUT2D eigenvalue weighted by atomic mass is 32.1. The summed E-state index contributed by atoms with van der Waals surface area (Å²) < 4.78 is 2.03. The molecule has 8 heteroatoms. The van der Waals surface area contributed by atoms with Gasteiger partial charge in [-0.1, -0.05) is 30.3 Å². The number of anilines is 2. The third kappa shape index (κ3) is 4.13. The van der Waals surface area contributed by atoms with Gasteiger partial charge in [-0.25, -0.2) is 4.98 Å². The lowest BCUT2D eigenvalue weighted by Gasteiger charge is -2.36. The molecule has 3 aromatic heterocycles. The molecule has 2 aromatic carbocycles. The summed E-state index contributed by atoms with van der Waals surface area (Å²) in [6.07, 6.45) is 1.99. The molecule has 1 saturated heterocycles. The molecule has 0 atom stereocenters. The van der Waals surface area contributed by atoms with Crippen molar-refractivity contribution in [1.29, 1.82) is 0 Å². The smallest absolute Gasteiger partial charge is 0.265 e. The Bertz CT molecular complexity index is 1400. The van der Waals surface area contributed by atoms with E-state index in [2.05, 4.69) is 62.6 Å². The number of carbonyl (C=O) groups excluding carboxylic acids is 1. The van der Waals surface area contributed by atoms with Crippen molar-refractivity contribution < 1.29 is 4.79 Å². The van der Waals surface area contributed by atoms with Gasteiger partial charge in [0.05, 0.1) is 10.4 Å². The predicted molar refractivity (Wildman–Crippen MR) is 137 cm³/mol. The number of nitrogens with one attached hydrogen (secondary N) is 1. The van der Waals surface area contributed by atoms with Crippen LogP contribution in [0.25, 0.3) is 15.3 Å². The zero-order chi connectivity index (χ0) is 22.2. The van der Waals surface area contributed by atoms with E-state index in [0.717, 1.165) is 53.7 Å². The average molecular weight is 474 g/mol. The van der Waals surface area contributed by atoms with E-state index < -0.39 is 0 Å². The first-order chi connectivity index (χ1) is 16.2. The van der Waals surface area contributed by atoms with E-state index in [9.17, 15) is 4.79 Å². The summed E-state index contributed by atoms with van der Waals surface area (Å²) in [7, 11) is 0. The molecule has 1 aliphatic rings. The van der Waals surface area contributed by atoms with E-state index in [1.54, 1.807) is 11.3 Å². The second-order valence-electron chi connectivity index (χ2n) is 8.22. The Kier molecular flexibility index (Phi) is 5.33. The van der Waals surface area contributed by atoms with Gasteiger partial charge in [0, 0.05) is 55.7 Å². The van der Waals surface area contributed by atoms with Crippen LogP contribution in [-0.4, -0.2) is 46.4 Å². The van der Waals surface area contributed by atoms with Crippen molar-refractivity contribution >= 4 is 55.3 Å². The van der Waals surface area contributed by atoms with Crippen molar-refractivity contribution in [2.24, 2.45) is 0 Å². The minimum absolute atomic E-state index is 0.0933. The van der Waals surface area contributed by atoms with E-state index in [-0.39, 0.29) is 5.91 Å². The Balaban J connectivity index is 1.07. The van der Waals surface area contributed by atoms with Crippen molar-refractivity contribution in [3.8, 4) is 0 Å². The Morgan fingerprint density at radius 1 is 1.00 bits per heavy atom. The van der Waals surface area contributed by atoms with Gasteiger partial charge in [-0.05, 0) is 35.9 Å². The van der Waals surface area contributed by atoms with Crippen LogP contribution in [0.1, 0.15) is 15.2 Å². The molecule has 0 radical (unpaired) electrons. The van der Waals surface area contributed by atoms with Crippen LogP contribution >= 0.6 is 22.7 Å². The predicted octanol–water partition coefficient (Wildman–Crippen LogP) is 5.19. The average Bonchev–Trinajstić information content (AvgIpc) is 3.54. The number of hydrogen-bond acceptors (Lipinski definition) is 6. The number of imidazole rings is 1. The molecular weight excluding hydrogens is 450 g/mol. The highest BCUT2D eigenvalue weighted by Crippen LogP contribution is 2.29. The van der Waals surface area contributed by atoms with Gasteiger partial charge >= 0.3 is 0 Å². The molecule has 0 unspecified atom stereocenters. The lowest BCUT2D eigenvalue weighted by molar-refractivity contribution is 0.103. The molecule has 0 spiro atoms. The fourth-order valence-electron chi connectivity index (χ4n) is 4.31. The van der Waals surface area contributed by atoms with Crippen LogP contribution in [0.3, 0.4) is 0 Å². The van der Waals surface area contributed by atoms with E-state index in [1.165, 1.54) is 22.6 Å². The summed E-state index contributed by atoms with van der Waals surface area (Å²) in [5.41, 5.74) is 4.36. The van der Waals surface area contributed by atoms with E-state index in [0.29, 0.717) is 4.88 Å². The Morgan fingerprint density at radius 2 is 1.79 bits per heavy atom. The molecule has 6 nitrogen and oxygen atoms in total. The molecule has 0 saturated carbocycles. The van der Waals surface area contributed by atoms with Crippen LogP contribution in [0.4, 0.5) is 11.4 Å². The minimum atomic E-state index is -0.0933. The number of carbonyl (C=O) groups is 1.